The molecule has 0 atom stereocenters. The number of carbonyl (C=O) groups is 3. The average Bonchev–Trinajstić information content (AvgIpc) is 3.13. The molecule has 2 heterocycles. The van der Waals surface area contributed by atoms with Crippen molar-refractivity contribution in [2.45, 2.75) is 59.2 Å². The minimum atomic E-state index is -0.724. The van der Waals surface area contributed by atoms with Crippen LogP contribution in [0.25, 0.3) is 10.4 Å². The van der Waals surface area contributed by atoms with Gasteiger partial charge in [-0.15, -0.1) is 11.3 Å². The third-order valence-corrected chi connectivity index (χ3v) is 6.99. The van der Waals surface area contributed by atoms with Gasteiger partial charge in [0.1, 0.15) is 22.5 Å². The SMILES string of the molecule is CCOC(=O)COc1c(C(=O)OC(C)(C)C)sc(-c2cccc(OC3CCN(C(C)=O)CC3)c2)c1Cl. The summed E-state index contributed by atoms with van der Waals surface area (Å²) in [6, 6.07) is 7.41. The summed E-state index contributed by atoms with van der Waals surface area (Å²) in [6.07, 6.45) is 1.49. The average molecular weight is 538 g/mol. The lowest BCUT2D eigenvalue weighted by atomic mass is 10.1. The Balaban J connectivity index is 1.85. The van der Waals surface area contributed by atoms with Crippen LogP contribution in [0, 0.1) is 0 Å². The van der Waals surface area contributed by atoms with E-state index in [0.717, 1.165) is 29.7 Å². The highest BCUT2D eigenvalue weighted by Crippen LogP contribution is 2.46. The van der Waals surface area contributed by atoms with E-state index in [4.69, 9.17) is 30.5 Å². The van der Waals surface area contributed by atoms with Gasteiger partial charge in [-0.2, -0.15) is 0 Å². The number of piperidine rings is 1. The first-order valence-corrected chi connectivity index (χ1v) is 13.0. The molecule has 36 heavy (non-hydrogen) atoms. The second-order valence-electron chi connectivity index (χ2n) is 9.35. The molecule has 0 spiro atoms. The molecule has 1 aromatic carbocycles. The first kappa shape index (κ1) is 27.8. The van der Waals surface area contributed by atoms with Gasteiger partial charge >= 0.3 is 11.9 Å². The van der Waals surface area contributed by atoms with Gasteiger partial charge in [0, 0.05) is 32.9 Å². The molecule has 196 valence electrons. The van der Waals surface area contributed by atoms with Crippen molar-refractivity contribution in [2.75, 3.05) is 26.3 Å². The number of ether oxygens (including phenoxy) is 4. The molecule has 1 amide bonds. The highest BCUT2D eigenvalue weighted by molar-refractivity contribution is 7.18. The molecule has 1 saturated heterocycles. The molecule has 2 aromatic rings. The van der Waals surface area contributed by atoms with E-state index in [1.54, 1.807) is 34.6 Å². The highest BCUT2D eigenvalue weighted by Gasteiger charge is 2.29. The van der Waals surface area contributed by atoms with Crippen molar-refractivity contribution in [2.24, 2.45) is 0 Å². The first-order valence-electron chi connectivity index (χ1n) is 11.8. The van der Waals surface area contributed by atoms with E-state index < -0.39 is 17.5 Å². The molecule has 0 unspecified atom stereocenters. The largest absolute Gasteiger partial charge is 0.490 e. The van der Waals surface area contributed by atoms with Gasteiger partial charge in [-0.1, -0.05) is 23.7 Å². The molecule has 0 N–H and O–H groups in total. The van der Waals surface area contributed by atoms with E-state index in [1.165, 1.54) is 0 Å². The van der Waals surface area contributed by atoms with Crippen LogP contribution in [0.3, 0.4) is 0 Å². The number of carbonyl (C=O) groups excluding carboxylic acids is 3. The second kappa shape index (κ2) is 12.0. The molecular formula is C26H32ClNO7S. The Morgan fingerprint density at radius 3 is 2.47 bits per heavy atom. The van der Waals surface area contributed by atoms with Crippen LogP contribution in [0.15, 0.2) is 24.3 Å². The number of thiophene rings is 1. The van der Waals surface area contributed by atoms with Gasteiger partial charge in [-0.05, 0) is 45.4 Å². The van der Waals surface area contributed by atoms with Crippen LogP contribution in [-0.2, 0) is 19.1 Å². The highest BCUT2D eigenvalue weighted by atomic mass is 35.5. The summed E-state index contributed by atoms with van der Waals surface area (Å²) >= 11 is 7.81. The predicted molar refractivity (Wildman–Crippen MR) is 138 cm³/mol. The molecule has 10 heteroatoms. The Labute approximate surface area is 220 Å². The molecule has 1 fully saturated rings. The number of amides is 1. The van der Waals surface area contributed by atoms with Crippen molar-refractivity contribution in [3.05, 3.63) is 34.2 Å². The Morgan fingerprint density at radius 2 is 1.86 bits per heavy atom. The third-order valence-electron chi connectivity index (χ3n) is 5.32. The summed E-state index contributed by atoms with van der Waals surface area (Å²) in [5.41, 5.74) is 0.0113. The van der Waals surface area contributed by atoms with Crippen LogP contribution in [0.5, 0.6) is 11.5 Å². The summed E-state index contributed by atoms with van der Waals surface area (Å²) in [4.78, 5) is 38.9. The van der Waals surface area contributed by atoms with Crippen molar-refractivity contribution in [3.8, 4) is 21.9 Å². The number of hydrogen-bond donors (Lipinski definition) is 0. The Morgan fingerprint density at radius 1 is 1.17 bits per heavy atom. The van der Waals surface area contributed by atoms with Gasteiger partial charge in [-0.3, -0.25) is 4.79 Å². The van der Waals surface area contributed by atoms with E-state index in [9.17, 15) is 14.4 Å². The lowest BCUT2D eigenvalue weighted by Crippen LogP contribution is -2.40. The fourth-order valence-corrected chi connectivity index (χ4v) is 5.13. The molecule has 0 aliphatic carbocycles. The minimum absolute atomic E-state index is 0.00421. The van der Waals surface area contributed by atoms with E-state index in [-0.39, 0.29) is 40.9 Å². The molecule has 8 nitrogen and oxygen atoms in total. The monoisotopic (exact) mass is 537 g/mol. The van der Waals surface area contributed by atoms with Crippen LogP contribution >= 0.6 is 22.9 Å². The van der Waals surface area contributed by atoms with Crippen molar-refractivity contribution in [3.63, 3.8) is 0 Å². The summed E-state index contributed by atoms with van der Waals surface area (Å²) < 4.78 is 22.3. The van der Waals surface area contributed by atoms with E-state index in [0.29, 0.717) is 23.7 Å². The number of hydrogen-bond acceptors (Lipinski definition) is 8. The number of benzene rings is 1. The fraction of sp³-hybridized carbons (Fsp3) is 0.500. The molecule has 1 aliphatic rings. The smallest absolute Gasteiger partial charge is 0.352 e. The molecule has 0 bridgehead atoms. The van der Waals surface area contributed by atoms with E-state index in [1.807, 2.05) is 29.2 Å². The number of nitrogens with zero attached hydrogens (tertiary/aromatic N) is 1. The van der Waals surface area contributed by atoms with Crippen molar-refractivity contribution in [1.82, 2.24) is 4.90 Å². The van der Waals surface area contributed by atoms with E-state index >= 15 is 0 Å². The van der Waals surface area contributed by atoms with Crippen LogP contribution in [0.2, 0.25) is 5.02 Å². The van der Waals surface area contributed by atoms with Crippen LogP contribution in [0.1, 0.15) is 57.1 Å². The zero-order valence-electron chi connectivity index (χ0n) is 21.2. The van der Waals surface area contributed by atoms with E-state index in [2.05, 4.69) is 0 Å². The van der Waals surface area contributed by atoms with Crippen LogP contribution in [0.4, 0.5) is 0 Å². The van der Waals surface area contributed by atoms with Crippen molar-refractivity contribution < 1.29 is 33.3 Å². The molecule has 1 aliphatic heterocycles. The maximum atomic E-state index is 12.9. The minimum Gasteiger partial charge on any atom is -0.490 e. The Hall–Kier alpha value is -2.78. The van der Waals surface area contributed by atoms with Gasteiger partial charge in [-0.25, -0.2) is 9.59 Å². The molecular weight excluding hydrogens is 506 g/mol. The molecule has 0 saturated carbocycles. The Kier molecular flexibility index (Phi) is 9.24. The maximum Gasteiger partial charge on any atom is 0.352 e. The summed E-state index contributed by atoms with van der Waals surface area (Å²) in [5, 5.41) is 0.206. The topological polar surface area (TPSA) is 91.4 Å². The van der Waals surface area contributed by atoms with Gasteiger partial charge in [0.05, 0.1) is 11.5 Å². The summed E-state index contributed by atoms with van der Waals surface area (Å²) in [7, 11) is 0. The number of esters is 2. The fourth-order valence-electron chi connectivity index (χ4n) is 3.69. The quantitative estimate of drug-likeness (QED) is 0.419. The van der Waals surface area contributed by atoms with Crippen molar-refractivity contribution >= 4 is 40.8 Å². The third kappa shape index (κ3) is 7.36. The van der Waals surface area contributed by atoms with Crippen molar-refractivity contribution in [1.29, 1.82) is 0 Å². The zero-order chi connectivity index (χ0) is 26.5. The first-order chi connectivity index (χ1) is 17.0. The maximum absolute atomic E-state index is 12.9. The lowest BCUT2D eigenvalue weighted by molar-refractivity contribution is -0.145. The Bertz CT molecular complexity index is 1100. The lowest BCUT2D eigenvalue weighted by Gasteiger charge is -2.31. The predicted octanol–water partition coefficient (Wildman–Crippen LogP) is 5.36. The number of rotatable bonds is 8. The van der Waals surface area contributed by atoms with Gasteiger partial charge < -0.3 is 23.8 Å². The van der Waals surface area contributed by atoms with Gasteiger partial charge in [0.25, 0.3) is 0 Å². The van der Waals surface area contributed by atoms with Gasteiger partial charge in [0.2, 0.25) is 5.91 Å². The summed E-state index contributed by atoms with van der Waals surface area (Å²) in [5.74, 6) is -0.343. The van der Waals surface area contributed by atoms with Gasteiger partial charge in [0.15, 0.2) is 17.2 Å². The second-order valence-corrected chi connectivity index (χ2v) is 10.7. The number of halogens is 1. The van der Waals surface area contributed by atoms with Crippen LogP contribution < -0.4 is 9.47 Å². The molecule has 1 aromatic heterocycles. The van der Waals surface area contributed by atoms with Crippen LogP contribution in [-0.4, -0.2) is 60.8 Å². The summed E-state index contributed by atoms with van der Waals surface area (Å²) in [6.45, 7) is 9.72. The normalized spacial score (nSPS) is 14.3. The zero-order valence-corrected chi connectivity index (χ0v) is 22.8. The standard InChI is InChI=1S/C26H32ClNO7S/c1-6-32-20(30)15-33-22-21(27)23(36-24(22)25(31)35-26(3,4)5)17-8-7-9-19(14-17)34-18-10-12-28(13-11-18)16(2)29/h7-9,14,18H,6,10-13,15H2,1-5H3. The number of likely N-dealkylation sites (tertiary alicyclic amines) is 1. The molecule has 0 radical (unpaired) electrons. The molecule has 3 rings (SSSR count).